The van der Waals surface area contributed by atoms with E-state index >= 15 is 0 Å². The molecular formula is C24H33N3O5S. The molecule has 0 unspecified atom stereocenters. The summed E-state index contributed by atoms with van der Waals surface area (Å²) in [6.07, 6.45) is -0.144. The van der Waals surface area contributed by atoms with Crippen LogP contribution in [0, 0.1) is 5.92 Å². The van der Waals surface area contributed by atoms with Crippen molar-refractivity contribution >= 4 is 21.6 Å². The number of ether oxygens (including phenoxy) is 2. The Bertz CT molecular complexity index is 1050. The van der Waals surface area contributed by atoms with E-state index in [2.05, 4.69) is 17.0 Å². The number of likely N-dealkylation sites (N-methyl/N-ethyl adjacent to an activating group) is 1. The molecule has 0 saturated heterocycles. The van der Waals surface area contributed by atoms with Crippen LogP contribution in [0.1, 0.15) is 29.8 Å². The first-order valence-electron chi connectivity index (χ1n) is 11.0. The van der Waals surface area contributed by atoms with E-state index in [-0.39, 0.29) is 29.7 Å². The van der Waals surface area contributed by atoms with E-state index in [0.29, 0.717) is 35.7 Å². The first kappa shape index (κ1) is 25.0. The van der Waals surface area contributed by atoms with Crippen molar-refractivity contribution in [2.24, 2.45) is 5.92 Å². The van der Waals surface area contributed by atoms with Crippen molar-refractivity contribution < 1.29 is 22.7 Å². The molecule has 0 aromatic heterocycles. The summed E-state index contributed by atoms with van der Waals surface area (Å²) >= 11 is 0. The molecule has 3 rings (SSSR count). The molecule has 2 aromatic rings. The smallest absolute Gasteiger partial charge is 0.257 e. The van der Waals surface area contributed by atoms with Crippen molar-refractivity contribution in [3.05, 3.63) is 59.7 Å². The zero-order valence-corrected chi connectivity index (χ0v) is 20.4. The molecule has 3 atom stereocenters. The summed E-state index contributed by atoms with van der Waals surface area (Å²) in [5.74, 6) is 0.174. The molecule has 0 bridgehead atoms. The molecule has 1 aliphatic heterocycles. The highest BCUT2D eigenvalue weighted by atomic mass is 32.2. The second-order valence-electron chi connectivity index (χ2n) is 8.62. The zero-order chi connectivity index (χ0) is 24.0. The average molecular weight is 476 g/mol. The van der Waals surface area contributed by atoms with Gasteiger partial charge in [0, 0.05) is 39.0 Å². The molecule has 0 radical (unpaired) electrons. The highest BCUT2D eigenvalue weighted by Gasteiger charge is 2.26. The Morgan fingerprint density at radius 2 is 1.91 bits per heavy atom. The Morgan fingerprint density at radius 3 is 2.61 bits per heavy atom. The van der Waals surface area contributed by atoms with Crippen LogP contribution in [0.5, 0.6) is 5.75 Å². The maximum Gasteiger partial charge on any atom is 0.257 e. The van der Waals surface area contributed by atoms with Gasteiger partial charge in [-0.15, -0.1) is 0 Å². The molecule has 2 N–H and O–H groups in total. The lowest BCUT2D eigenvalue weighted by Crippen LogP contribution is -2.44. The fraction of sp³-hybridized carbons (Fsp3) is 0.458. The predicted molar refractivity (Wildman–Crippen MR) is 129 cm³/mol. The lowest BCUT2D eigenvalue weighted by atomic mass is 10.0. The summed E-state index contributed by atoms with van der Waals surface area (Å²) in [5, 5.41) is 3.44. The molecular weight excluding hydrogens is 442 g/mol. The molecule has 0 spiro atoms. The van der Waals surface area contributed by atoms with Crippen LogP contribution in [0.3, 0.4) is 0 Å². The lowest BCUT2D eigenvalue weighted by Gasteiger charge is -2.30. The molecule has 9 heteroatoms. The Kier molecular flexibility index (Phi) is 8.34. The summed E-state index contributed by atoms with van der Waals surface area (Å²) in [7, 11) is -0.308. The van der Waals surface area contributed by atoms with E-state index < -0.39 is 10.0 Å². The van der Waals surface area contributed by atoms with Crippen LogP contribution in [-0.2, 0) is 20.5 Å². The van der Waals surface area contributed by atoms with Gasteiger partial charge in [0.2, 0.25) is 10.0 Å². The van der Waals surface area contributed by atoms with Gasteiger partial charge in [0.05, 0.1) is 17.4 Å². The number of nitrogens with one attached hydrogen (secondary N) is 2. The summed E-state index contributed by atoms with van der Waals surface area (Å²) in [4.78, 5) is 14.9. The fourth-order valence-corrected chi connectivity index (χ4v) is 4.92. The Balaban J connectivity index is 1.88. The number of nitrogens with zero attached hydrogens (tertiary/aromatic N) is 1. The molecule has 1 heterocycles. The molecule has 0 saturated carbocycles. The van der Waals surface area contributed by atoms with Crippen LogP contribution >= 0.6 is 0 Å². The third-order valence-corrected chi connectivity index (χ3v) is 6.96. The molecule has 1 aliphatic rings. The van der Waals surface area contributed by atoms with Gasteiger partial charge in [-0.3, -0.25) is 9.52 Å². The number of rotatable bonds is 5. The van der Waals surface area contributed by atoms with Crippen LogP contribution in [-0.4, -0.2) is 65.2 Å². The monoisotopic (exact) mass is 475 g/mol. The number of methoxy groups -OCH3 is 1. The predicted octanol–water partition coefficient (Wildman–Crippen LogP) is 2.72. The van der Waals surface area contributed by atoms with E-state index in [1.165, 1.54) is 6.07 Å². The second kappa shape index (κ2) is 11.0. The van der Waals surface area contributed by atoms with Gasteiger partial charge in [-0.2, -0.15) is 0 Å². The molecule has 0 fully saturated rings. The molecule has 0 aliphatic carbocycles. The van der Waals surface area contributed by atoms with E-state index in [1.54, 1.807) is 55.5 Å². The number of fused-ring (bicyclic) bond motifs is 1. The number of anilines is 1. The van der Waals surface area contributed by atoms with Gasteiger partial charge in [0.25, 0.3) is 5.91 Å². The molecule has 1 amide bonds. The highest BCUT2D eigenvalue weighted by Crippen LogP contribution is 2.26. The van der Waals surface area contributed by atoms with E-state index in [4.69, 9.17) is 9.47 Å². The summed E-state index contributed by atoms with van der Waals surface area (Å²) < 4.78 is 39.5. The van der Waals surface area contributed by atoms with Crippen molar-refractivity contribution in [1.82, 2.24) is 10.2 Å². The van der Waals surface area contributed by atoms with Crippen molar-refractivity contribution in [1.29, 1.82) is 0 Å². The summed E-state index contributed by atoms with van der Waals surface area (Å²) in [6, 6.07) is 13.8. The van der Waals surface area contributed by atoms with Gasteiger partial charge in [-0.05, 0) is 36.6 Å². The first-order chi connectivity index (χ1) is 15.7. The Hall–Kier alpha value is -2.62. The van der Waals surface area contributed by atoms with Gasteiger partial charge in [-0.1, -0.05) is 37.3 Å². The van der Waals surface area contributed by atoms with Crippen LogP contribution in [0.15, 0.2) is 48.5 Å². The minimum atomic E-state index is -3.66. The minimum absolute atomic E-state index is 0.0640. The number of benzene rings is 2. The van der Waals surface area contributed by atoms with Gasteiger partial charge in [0.15, 0.2) is 0 Å². The van der Waals surface area contributed by atoms with Crippen LogP contribution in [0.25, 0.3) is 0 Å². The quantitative estimate of drug-likeness (QED) is 0.690. The molecule has 33 heavy (non-hydrogen) atoms. The first-order valence-corrected chi connectivity index (χ1v) is 12.7. The van der Waals surface area contributed by atoms with Crippen molar-refractivity contribution in [3.63, 3.8) is 0 Å². The fourth-order valence-electron chi connectivity index (χ4n) is 3.73. The second-order valence-corrected chi connectivity index (χ2v) is 10.3. The number of hydrogen-bond donors (Lipinski definition) is 2. The standard InChI is InChI=1S/C24H33N3O5S/c1-17-13-25-18(2)15-32-22-11-10-20(12-21(22)24(28)27(3)14-23(17)31-4)26-33(29,30)16-19-8-6-5-7-9-19/h5-12,17-18,23,25-26H,13-16H2,1-4H3/t17-,18-,23-/m1/s1. The van der Waals surface area contributed by atoms with Crippen molar-refractivity contribution in [3.8, 4) is 5.75 Å². The van der Waals surface area contributed by atoms with Crippen LogP contribution in [0.4, 0.5) is 5.69 Å². The molecule has 8 nitrogen and oxygen atoms in total. The summed E-state index contributed by atoms with van der Waals surface area (Å²) in [6.45, 7) is 5.59. The topological polar surface area (TPSA) is 97.0 Å². The van der Waals surface area contributed by atoms with Crippen LogP contribution in [0.2, 0.25) is 0 Å². The van der Waals surface area contributed by atoms with Gasteiger partial charge in [-0.25, -0.2) is 8.42 Å². The maximum atomic E-state index is 13.3. The Labute approximate surface area is 196 Å². The van der Waals surface area contributed by atoms with E-state index in [0.717, 1.165) is 6.54 Å². The molecule has 2 aromatic carbocycles. The third kappa shape index (κ3) is 6.93. The largest absolute Gasteiger partial charge is 0.491 e. The zero-order valence-electron chi connectivity index (χ0n) is 19.6. The number of sulfonamides is 1. The van der Waals surface area contributed by atoms with E-state index in [1.807, 2.05) is 13.0 Å². The maximum absolute atomic E-state index is 13.3. The number of hydrogen-bond acceptors (Lipinski definition) is 6. The van der Waals surface area contributed by atoms with Gasteiger partial charge in [0.1, 0.15) is 12.4 Å². The highest BCUT2D eigenvalue weighted by molar-refractivity contribution is 7.91. The molecule has 180 valence electrons. The SMILES string of the molecule is CO[C@@H]1CN(C)C(=O)c2cc(NS(=O)(=O)Cc3ccccc3)ccc2OC[C@@H](C)NC[C@H]1C. The van der Waals surface area contributed by atoms with Crippen molar-refractivity contribution in [2.45, 2.75) is 31.7 Å². The third-order valence-electron chi connectivity index (χ3n) is 5.70. The van der Waals surface area contributed by atoms with Crippen molar-refractivity contribution in [2.75, 3.05) is 38.6 Å². The minimum Gasteiger partial charge on any atom is -0.491 e. The van der Waals surface area contributed by atoms with Gasteiger partial charge < -0.3 is 19.7 Å². The normalized spacial score (nSPS) is 22.5. The lowest BCUT2D eigenvalue weighted by molar-refractivity contribution is 0.0281. The van der Waals surface area contributed by atoms with Gasteiger partial charge >= 0.3 is 0 Å². The Morgan fingerprint density at radius 1 is 1.18 bits per heavy atom. The van der Waals surface area contributed by atoms with E-state index in [9.17, 15) is 13.2 Å². The number of amides is 1. The average Bonchev–Trinajstić information content (AvgIpc) is 2.78. The van der Waals surface area contributed by atoms with Crippen LogP contribution < -0.4 is 14.8 Å². The summed E-state index contributed by atoms with van der Waals surface area (Å²) in [5.41, 5.74) is 1.29. The number of carbonyl (C=O) groups is 1. The number of carbonyl (C=O) groups excluding carboxylic acids is 1.